The second-order valence-electron chi connectivity index (χ2n) is 2.88. The van der Waals surface area contributed by atoms with E-state index in [4.69, 9.17) is 16.3 Å². The zero-order valence-corrected chi connectivity index (χ0v) is 9.43. The number of rotatable bonds is 2. The van der Waals surface area contributed by atoms with Crippen LogP contribution in [0.2, 0.25) is 5.28 Å². The van der Waals surface area contributed by atoms with Gasteiger partial charge in [-0.2, -0.15) is 0 Å². The molecule has 0 amide bonds. The van der Waals surface area contributed by atoms with E-state index < -0.39 is 0 Å². The SMILES string of the molecule is CC(=O)OCc1cc2nc(Cl)ncc2s1. The molecule has 2 aromatic rings. The van der Waals surface area contributed by atoms with E-state index in [1.807, 2.05) is 6.07 Å². The van der Waals surface area contributed by atoms with Crippen molar-refractivity contribution >= 4 is 39.1 Å². The summed E-state index contributed by atoms with van der Waals surface area (Å²) in [5.41, 5.74) is 0.780. The van der Waals surface area contributed by atoms with Crippen molar-refractivity contribution < 1.29 is 9.53 Å². The number of halogens is 1. The van der Waals surface area contributed by atoms with Crippen molar-refractivity contribution in [2.45, 2.75) is 13.5 Å². The van der Waals surface area contributed by atoms with Gasteiger partial charge in [0.15, 0.2) is 0 Å². The zero-order valence-electron chi connectivity index (χ0n) is 7.86. The maximum atomic E-state index is 10.6. The molecular weight excluding hydrogens is 236 g/mol. The first kappa shape index (κ1) is 10.3. The molecule has 0 aliphatic rings. The Labute approximate surface area is 94.9 Å². The zero-order chi connectivity index (χ0) is 10.8. The van der Waals surface area contributed by atoms with Crippen LogP contribution in [0.15, 0.2) is 12.3 Å². The molecule has 0 aromatic carbocycles. The number of carbonyl (C=O) groups is 1. The van der Waals surface area contributed by atoms with E-state index >= 15 is 0 Å². The van der Waals surface area contributed by atoms with Crippen molar-refractivity contribution in [1.82, 2.24) is 9.97 Å². The van der Waals surface area contributed by atoms with Gasteiger partial charge in [-0.15, -0.1) is 11.3 Å². The van der Waals surface area contributed by atoms with Gasteiger partial charge in [-0.05, 0) is 17.7 Å². The monoisotopic (exact) mass is 242 g/mol. The van der Waals surface area contributed by atoms with Gasteiger partial charge in [-0.25, -0.2) is 9.97 Å². The third-order valence-electron chi connectivity index (χ3n) is 1.71. The molecule has 0 spiro atoms. The first-order valence-corrected chi connectivity index (χ1v) is 5.39. The van der Waals surface area contributed by atoms with Gasteiger partial charge in [0.25, 0.3) is 0 Å². The fourth-order valence-corrected chi connectivity index (χ4v) is 2.14. The summed E-state index contributed by atoms with van der Waals surface area (Å²) in [5, 5.41) is 0.222. The summed E-state index contributed by atoms with van der Waals surface area (Å²) in [4.78, 5) is 19.5. The number of aromatic nitrogens is 2. The van der Waals surface area contributed by atoms with Crippen LogP contribution in [0, 0.1) is 0 Å². The predicted octanol–water partition coefficient (Wildman–Crippen LogP) is 2.41. The summed E-state index contributed by atoms with van der Waals surface area (Å²) >= 11 is 7.14. The predicted molar refractivity (Wildman–Crippen MR) is 57.9 cm³/mol. The highest BCUT2D eigenvalue weighted by atomic mass is 35.5. The van der Waals surface area contributed by atoms with Crippen LogP contribution < -0.4 is 0 Å². The normalized spacial score (nSPS) is 10.5. The Bertz CT molecular complexity index is 512. The molecule has 0 saturated heterocycles. The molecule has 0 bridgehead atoms. The van der Waals surface area contributed by atoms with E-state index in [0.29, 0.717) is 0 Å². The van der Waals surface area contributed by atoms with Gasteiger partial charge in [-0.1, -0.05) is 0 Å². The maximum absolute atomic E-state index is 10.6. The van der Waals surface area contributed by atoms with Crippen molar-refractivity contribution in [3.63, 3.8) is 0 Å². The van der Waals surface area contributed by atoms with Crippen LogP contribution >= 0.6 is 22.9 Å². The lowest BCUT2D eigenvalue weighted by Crippen LogP contribution is -1.96. The molecule has 15 heavy (non-hydrogen) atoms. The van der Waals surface area contributed by atoms with Gasteiger partial charge in [0, 0.05) is 18.0 Å². The number of esters is 1. The Morgan fingerprint density at radius 1 is 1.67 bits per heavy atom. The van der Waals surface area contributed by atoms with E-state index in [1.54, 1.807) is 6.20 Å². The Morgan fingerprint density at radius 3 is 3.20 bits per heavy atom. The van der Waals surface area contributed by atoms with Crippen molar-refractivity contribution in [2.24, 2.45) is 0 Å². The second kappa shape index (κ2) is 4.12. The largest absolute Gasteiger partial charge is 0.460 e. The summed E-state index contributed by atoms with van der Waals surface area (Å²) < 4.78 is 5.81. The third kappa shape index (κ3) is 2.43. The van der Waals surface area contributed by atoms with Crippen molar-refractivity contribution in [3.8, 4) is 0 Å². The molecule has 0 atom stereocenters. The Morgan fingerprint density at radius 2 is 2.47 bits per heavy atom. The summed E-state index contributed by atoms with van der Waals surface area (Å²) in [6.45, 7) is 1.65. The van der Waals surface area contributed by atoms with Gasteiger partial charge in [-0.3, -0.25) is 4.79 Å². The van der Waals surface area contributed by atoms with Crippen LogP contribution in [-0.2, 0) is 16.1 Å². The minimum atomic E-state index is -0.295. The first-order chi connectivity index (χ1) is 7.15. The van der Waals surface area contributed by atoms with E-state index in [2.05, 4.69) is 9.97 Å². The van der Waals surface area contributed by atoms with Crippen LogP contribution in [0.25, 0.3) is 10.2 Å². The Balaban J connectivity index is 2.27. The highest BCUT2D eigenvalue weighted by Gasteiger charge is 2.05. The van der Waals surface area contributed by atoms with Crippen molar-refractivity contribution in [1.29, 1.82) is 0 Å². The molecule has 0 aliphatic heterocycles. The minimum Gasteiger partial charge on any atom is -0.460 e. The maximum Gasteiger partial charge on any atom is 0.302 e. The average molecular weight is 243 g/mol. The number of hydrogen-bond donors (Lipinski definition) is 0. The molecule has 4 nitrogen and oxygen atoms in total. The molecule has 2 heterocycles. The number of fused-ring (bicyclic) bond motifs is 1. The molecule has 0 N–H and O–H groups in total. The van der Waals surface area contributed by atoms with Crippen LogP contribution in [0.3, 0.4) is 0 Å². The first-order valence-electron chi connectivity index (χ1n) is 4.19. The third-order valence-corrected chi connectivity index (χ3v) is 2.92. The molecule has 78 valence electrons. The molecule has 2 rings (SSSR count). The Kier molecular flexibility index (Phi) is 2.83. The number of ether oxygens (including phenoxy) is 1. The van der Waals surface area contributed by atoms with E-state index in [9.17, 15) is 4.79 Å². The van der Waals surface area contributed by atoms with Gasteiger partial charge >= 0.3 is 5.97 Å². The minimum absolute atomic E-state index is 0.222. The average Bonchev–Trinajstić information content (AvgIpc) is 2.56. The smallest absolute Gasteiger partial charge is 0.302 e. The fourth-order valence-electron chi connectivity index (χ4n) is 1.11. The highest BCUT2D eigenvalue weighted by Crippen LogP contribution is 2.24. The standard InChI is InChI=1S/C9H7ClN2O2S/c1-5(13)14-4-6-2-7-8(15-6)3-11-9(10)12-7/h2-3H,4H2,1H3. The molecule has 0 radical (unpaired) electrons. The number of thiophene rings is 1. The van der Waals surface area contributed by atoms with Crippen LogP contribution in [0.4, 0.5) is 0 Å². The number of hydrogen-bond acceptors (Lipinski definition) is 5. The van der Waals surface area contributed by atoms with Crippen LogP contribution in [-0.4, -0.2) is 15.9 Å². The fraction of sp³-hybridized carbons (Fsp3) is 0.222. The number of nitrogens with zero attached hydrogens (tertiary/aromatic N) is 2. The van der Waals surface area contributed by atoms with Crippen molar-refractivity contribution in [3.05, 3.63) is 22.4 Å². The quantitative estimate of drug-likeness (QED) is 0.600. The molecule has 6 heteroatoms. The van der Waals surface area contributed by atoms with Gasteiger partial charge in [0.1, 0.15) is 6.61 Å². The van der Waals surface area contributed by atoms with E-state index in [1.165, 1.54) is 18.3 Å². The van der Waals surface area contributed by atoms with E-state index in [0.717, 1.165) is 15.1 Å². The van der Waals surface area contributed by atoms with Gasteiger partial charge in [0.05, 0.1) is 10.2 Å². The molecule has 0 aliphatic carbocycles. The second-order valence-corrected chi connectivity index (χ2v) is 4.39. The van der Waals surface area contributed by atoms with Gasteiger partial charge < -0.3 is 4.74 Å². The molecule has 0 saturated carbocycles. The lowest BCUT2D eigenvalue weighted by Gasteiger charge is -1.96. The van der Waals surface area contributed by atoms with Crippen LogP contribution in [0.5, 0.6) is 0 Å². The summed E-state index contributed by atoms with van der Waals surface area (Å²) in [6, 6.07) is 1.84. The number of carbonyl (C=O) groups excluding carboxylic acids is 1. The molecule has 2 aromatic heterocycles. The lowest BCUT2D eigenvalue weighted by atomic mass is 10.4. The topological polar surface area (TPSA) is 52.1 Å². The van der Waals surface area contributed by atoms with Crippen molar-refractivity contribution in [2.75, 3.05) is 0 Å². The lowest BCUT2D eigenvalue weighted by molar-refractivity contribution is -0.142. The van der Waals surface area contributed by atoms with E-state index in [-0.39, 0.29) is 17.9 Å². The highest BCUT2D eigenvalue weighted by molar-refractivity contribution is 7.18. The summed E-state index contributed by atoms with van der Waals surface area (Å²) in [6.07, 6.45) is 1.66. The molecule has 0 unspecified atom stereocenters. The molecular formula is C9H7ClN2O2S. The van der Waals surface area contributed by atoms with Crippen LogP contribution in [0.1, 0.15) is 11.8 Å². The Hall–Kier alpha value is -1.20. The molecule has 0 fully saturated rings. The summed E-state index contributed by atoms with van der Waals surface area (Å²) in [7, 11) is 0. The summed E-state index contributed by atoms with van der Waals surface area (Å²) in [5.74, 6) is -0.295. The van der Waals surface area contributed by atoms with Gasteiger partial charge in [0.2, 0.25) is 5.28 Å².